The number of amides is 3. The number of likely N-dealkylation sites (tertiary alicyclic amines) is 1. The predicted molar refractivity (Wildman–Crippen MR) is 97.7 cm³/mol. The van der Waals surface area contributed by atoms with E-state index in [2.05, 4.69) is 20.7 Å². The van der Waals surface area contributed by atoms with Crippen molar-refractivity contribution in [3.8, 4) is 5.75 Å². The van der Waals surface area contributed by atoms with Crippen molar-refractivity contribution in [2.45, 2.75) is 31.7 Å². The maximum Gasteiger partial charge on any atom is 0.423 e. The van der Waals surface area contributed by atoms with E-state index in [1.807, 2.05) is 0 Å². The van der Waals surface area contributed by atoms with Crippen LogP contribution < -0.4 is 0 Å². The number of aromatic hydroxyl groups is 1. The second-order valence-corrected chi connectivity index (χ2v) is 8.57. The Morgan fingerprint density at radius 1 is 1.32 bits per heavy atom. The van der Waals surface area contributed by atoms with Crippen molar-refractivity contribution in [2.24, 2.45) is 23.7 Å². The molecule has 0 aromatic heterocycles. The number of fused-ring (bicyclic) bond motifs is 3. The Bertz CT molecular complexity index is 874. The maximum absolute atomic E-state index is 12.9. The van der Waals surface area contributed by atoms with Gasteiger partial charge in [0, 0.05) is 21.9 Å². The smallest absolute Gasteiger partial charge is 0.423 e. The topological polar surface area (TPSA) is 113 Å². The van der Waals surface area contributed by atoms with Crippen LogP contribution in [0.2, 0.25) is 0 Å². The van der Waals surface area contributed by atoms with Crippen molar-refractivity contribution in [3.05, 3.63) is 28.2 Å². The molecule has 2 saturated heterocycles. The zero-order chi connectivity index (χ0) is 20.4. The van der Waals surface area contributed by atoms with Crippen molar-refractivity contribution in [2.75, 3.05) is 7.11 Å². The first-order valence-corrected chi connectivity index (χ1v) is 9.82. The minimum Gasteiger partial charge on any atom is -0.508 e. The highest BCUT2D eigenvalue weighted by molar-refractivity contribution is 9.10. The molecule has 4 rings (SSSR count). The Balaban J connectivity index is 1.72. The molecule has 150 valence electrons. The molecule has 0 radical (unpaired) electrons. The van der Waals surface area contributed by atoms with Gasteiger partial charge in [-0.05, 0) is 31.0 Å². The van der Waals surface area contributed by atoms with E-state index in [1.54, 1.807) is 19.1 Å². The van der Waals surface area contributed by atoms with Crippen molar-refractivity contribution < 1.29 is 34.1 Å². The number of nitrogens with zero attached hydrogens (tertiary/aromatic N) is 1. The van der Waals surface area contributed by atoms with Crippen molar-refractivity contribution in [1.82, 2.24) is 4.90 Å². The monoisotopic (exact) mass is 453 g/mol. The van der Waals surface area contributed by atoms with Gasteiger partial charge < -0.3 is 19.7 Å². The molecule has 6 atom stereocenters. The number of hydrogen-bond donors (Lipinski definition) is 2. The number of phenols is 1. The van der Waals surface area contributed by atoms with Crippen LogP contribution in [0.15, 0.2) is 22.7 Å². The van der Waals surface area contributed by atoms with E-state index in [4.69, 9.17) is 4.74 Å². The number of methoxy groups -OCH3 is 1. The molecule has 2 aliphatic heterocycles. The fraction of sp³-hybridized carbons (Fsp3) is 0.526. The van der Waals surface area contributed by atoms with Gasteiger partial charge in [0.1, 0.15) is 5.75 Å². The fourth-order valence-electron chi connectivity index (χ4n) is 4.89. The summed E-state index contributed by atoms with van der Waals surface area (Å²) in [4.78, 5) is 38.0. The Morgan fingerprint density at radius 3 is 2.71 bits per heavy atom. The second-order valence-electron chi connectivity index (χ2n) is 7.65. The average molecular weight is 454 g/mol. The SMILES string of the molecule is COC(=O)N1C(=O)[C@H]2[C@H](C[C@H](C)[C@@]3(O)O[C@H](c4cc(Br)ccc4O)C[C@@H]23)C1=O. The first-order chi connectivity index (χ1) is 13.2. The van der Waals surface area contributed by atoms with Crippen LogP contribution in [0.5, 0.6) is 5.75 Å². The number of carbonyl (C=O) groups is 3. The summed E-state index contributed by atoms with van der Waals surface area (Å²) in [6, 6.07) is 4.90. The number of imide groups is 3. The van der Waals surface area contributed by atoms with E-state index in [-0.39, 0.29) is 18.6 Å². The van der Waals surface area contributed by atoms with E-state index in [0.717, 1.165) is 11.6 Å². The van der Waals surface area contributed by atoms with Crippen molar-refractivity contribution in [3.63, 3.8) is 0 Å². The normalized spacial score (nSPS) is 37.0. The quantitative estimate of drug-likeness (QED) is 0.627. The van der Waals surface area contributed by atoms with Crippen LogP contribution in [0.3, 0.4) is 0 Å². The summed E-state index contributed by atoms with van der Waals surface area (Å²) in [6.07, 6.45) is -1.21. The third-order valence-corrected chi connectivity index (χ3v) is 6.74. The molecule has 8 nitrogen and oxygen atoms in total. The molecule has 0 bridgehead atoms. The molecule has 0 unspecified atom stereocenters. The highest BCUT2D eigenvalue weighted by Gasteiger charge is 2.66. The van der Waals surface area contributed by atoms with Gasteiger partial charge in [0.2, 0.25) is 11.8 Å². The molecular weight excluding hydrogens is 434 g/mol. The first-order valence-electron chi connectivity index (χ1n) is 9.03. The number of phenolic OH excluding ortho intramolecular Hbond substituents is 1. The number of benzene rings is 1. The molecule has 2 N–H and O–H groups in total. The minimum atomic E-state index is -1.64. The van der Waals surface area contributed by atoms with Crippen LogP contribution in [-0.4, -0.2) is 45.9 Å². The molecule has 2 heterocycles. The number of hydrogen-bond acceptors (Lipinski definition) is 7. The Hall–Kier alpha value is -1.97. The summed E-state index contributed by atoms with van der Waals surface area (Å²) in [5, 5.41) is 21.5. The Morgan fingerprint density at radius 2 is 2.04 bits per heavy atom. The van der Waals surface area contributed by atoms with E-state index >= 15 is 0 Å². The van der Waals surface area contributed by atoms with Gasteiger partial charge in [0.15, 0.2) is 5.79 Å². The van der Waals surface area contributed by atoms with Crippen LogP contribution in [0.4, 0.5) is 4.79 Å². The second kappa shape index (κ2) is 6.53. The third-order valence-electron chi connectivity index (χ3n) is 6.25. The lowest BCUT2D eigenvalue weighted by atomic mass is 9.65. The van der Waals surface area contributed by atoms with Gasteiger partial charge >= 0.3 is 6.09 Å². The molecule has 1 aromatic carbocycles. The summed E-state index contributed by atoms with van der Waals surface area (Å²) < 4.78 is 11.3. The van der Waals surface area contributed by atoms with Gasteiger partial charge in [-0.15, -0.1) is 0 Å². The van der Waals surface area contributed by atoms with Crippen molar-refractivity contribution in [1.29, 1.82) is 0 Å². The molecule has 9 heteroatoms. The Kier molecular flexibility index (Phi) is 4.52. The molecule has 0 spiro atoms. The molecule has 1 saturated carbocycles. The summed E-state index contributed by atoms with van der Waals surface area (Å²) in [6.45, 7) is 1.75. The lowest BCUT2D eigenvalue weighted by Gasteiger charge is -2.43. The largest absolute Gasteiger partial charge is 0.508 e. The van der Waals surface area contributed by atoms with Gasteiger partial charge in [0.25, 0.3) is 0 Å². The molecular formula is C19H20BrNO7. The van der Waals surface area contributed by atoms with Gasteiger partial charge in [-0.2, -0.15) is 4.90 Å². The average Bonchev–Trinajstić information content (AvgIpc) is 3.12. The van der Waals surface area contributed by atoms with Crippen LogP contribution >= 0.6 is 15.9 Å². The van der Waals surface area contributed by atoms with Crippen LogP contribution in [-0.2, 0) is 19.1 Å². The summed E-state index contributed by atoms with van der Waals surface area (Å²) in [5.41, 5.74) is 0.488. The van der Waals surface area contributed by atoms with Gasteiger partial charge in [-0.25, -0.2) is 4.79 Å². The molecule has 3 amide bonds. The van der Waals surface area contributed by atoms with Gasteiger partial charge in [-0.3, -0.25) is 9.59 Å². The molecule has 1 aliphatic carbocycles. The van der Waals surface area contributed by atoms with E-state index in [0.29, 0.717) is 10.5 Å². The number of rotatable bonds is 1. The molecule has 3 aliphatic rings. The molecule has 3 fully saturated rings. The lowest BCUT2D eigenvalue weighted by Crippen LogP contribution is -2.52. The maximum atomic E-state index is 12.9. The van der Waals surface area contributed by atoms with Crippen LogP contribution in [0, 0.1) is 23.7 Å². The highest BCUT2D eigenvalue weighted by Crippen LogP contribution is 2.58. The van der Waals surface area contributed by atoms with Crippen LogP contribution in [0.1, 0.15) is 31.4 Å². The standard InChI is InChI=1S/C19H20BrNO7/c1-8-5-11-15(17(24)21(16(11)23)18(25)27-2)12-7-14(28-19(8,12)26)10-6-9(20)3-4-13(10)22/h3-4,6,8,11-12,14-15,22,26H,5,7H2,1-2H3/t8-,11-,12-,14-,15-,19+/m0/s1. The fourth-order valence-corrected chi connectivity index (χ4v) is 5.27. The predicted octanol–water partition coefficient (Wildman–Crippen LogP) is 2.33. The summed E-state index contributed by atoms with van der Waals surface area (Å²) in [7, 11) is 1.11. The van der Waals surface area contributed by atoms with Gasteiger partial charge in [0.05, 0.1) is 25.0 Å². The van der Waals surface area contributed by atoms with Gasteiger partial charge in [-0.1, -0.05) is 22.9 Å². The summed E-state index contributed by atoms with van der Waals surface area (Å²) in [5.74, 6) is -5.57. The zero-order valence-corrected chi connectivity index (χ0v) is 16.9. The zero-order valence-electron chi connectivity index (χ0n) is 15.3. The van der Waals surface area contributed by atoms with E-state index in [9.17, 15) is 24.6 Å². The minimum absolute atomic E-state index is 0.0182. The molecule has 1 aromatic rings. The number of aliphatic hydroxyl groups is 1. The number of halogens is 1. The van der Waals surface area contributed by atoms with Crippen LogP contribution in [0.25, 0.3) is 0 Å². The molecule has 28 heavy (non-hydrogen) atoms. The van der Waals surface area contributed by atoms with Crippen molar-refractivity contribution >= 4 is 33.8 Å². The third kappa shape index (κ3) is 2.60. The highest BCUT2D eigenvalue weighted by atomic mass is 79.9. The summed E-state index contributed by atoms with van der Waals surface area (Å²) >= 11 is 3.35. The lowest BCUT2D eigenvalue weighted by molar-refractivity contribution is -0.265. The number of ether oxygens (including phenoxy) is 2. The van der Waals surface area contributed by atoms with E-state index in [1.165, 1.54) is 6.07 Å². The van der Waals surface area contributed by atoms with E-state index < -0.39 is 53.5 Å². The number of carbonyl (C=O) groups excluding carboxylic acids is 3. The Labute approximate surface area is 169 Å². The first kappa shape index (κ1) is 19.4.